The van der Waals surface area contributed by atoms with Crippen molar-refractivity contribution >= 4 is 38.5 Å². The van der Waals surface area contributed by atoms with Gasteiger partial charge in [-0.05, 0) is 60.9 Å². The number of benzene rings is 2. The van der Waals surface area contributed by atoms with Crippen molar-refractivity contribution in [3.63, 3.8) is 0 Å². The molecule has 1 amide bonds. The van der Waals surface area contributed by atoms with Crippen LogP contribution in [0.15, 0.2) is 47.4 Å². The van der Waals surface area contributed by atoms with E-state index in [2.05, 4.69) is 4.72 Å². The SMILES string of the molecule is NCCCCSCC1CCCN1C(=O)C(CO)NS(=O)(=O)c1ccc2ccccc2c1. The van der Waals surface area contributed by atoms with E-state index in [4.69, 9.17) is 5.73 Å². The number of nitrogens with one attached hydrogen (secondary N) is 1. The van der Waals surface area contributed by atoms with E-state index in [1.165, 1.54) is 6.07 Å². The largest absolute Gasteiger partial charge is 0.394 e. The zero-order valence-corrected chi connectivity index (χ0v) is 19.2. The van der Waals surface area contributed by atoms with Gasteiger partial charge in [-0.2, -0.15) is 16.5 Å². The highest BCUT2D eigenvalue weighted by Crippen LogP contribution is 2.23. The van der Waals surface area contributed by atoms with E-state index < -0.39 is 22.7 Å². The molecule has 31 heavy (non-hydrogen) atoms. The molecule has 2 unspecified atom stereocenters. The van der Waals surface area contributed by atoms with Crippen LogP contribution in [0, 0.1) is 0 Å². The van der Waals surface area contributed by atoms with Crippen molar-refractivity contribution in [3.8, 4) is 0 Å². The topological polar surface area (TPSA) is 113 Å². The fraction of sp³-hybridized carbons (Fsp3) is 0.500. The summed E-state index contributed by atoms with van der Waals surface area (Å²) >= 11 is 1.79. The molecule has 3 rings (SSSR count). The van der Waals surface area contributed by atoms with E-state index >= 15 is 0 Å². The summed E-state index contributed by atoms with van der Waals surface area (Å²) < 4.78 is 28.2. The fourth-order valence-corrected chi connectivity index (χ4v) is 6.23. The van der Waals surface area contributed by atoms with Crippen LogP contribution in [-0.2, 0) is 14.8 Å². The first kappa shape index (κ1) is 24.0. The van der Waals surface area contributed by atoms with Gasteiger partial charge in [0, 0.05) is 18.3 Å². The number of likely N-dealkylation sites (tertiary alicyclic amines) is 1. The maximum absolute atomic E-state index is 13.1. The quantitative estimate of drug-likeness (QED) is 0.437. The number of hydrogen-bond acceptors (Lipinski definition) is 6. The molecule has 2 aromatic rings. The highest BCUT2D eigenvalue weighted by molar-refractivity contribution is 7.99. The van der Waals surface area contributed by atoms with Gasteiger partial charge in [0.25, 0.3) is 0 Å². The molecular weight excluding hydrogens is 434 g/mol. The molecule has 1 aliphatic heterocycles. The van der Waals surface area contributed by atoms with E-state index in [0.717, 1.165) is 48.0 Å². The Bertz CT molecular complexity index is 984. The van der Waals surface area contributed by atoms with Crippen molar-refractivity contribution in [1.29, 1.82) is 0 Å². The number of amides is 1. The Balaban J connectivity index is 1.66. The number of unbranched alkanes of at least 4 members (excludes halogenated alkanes) is 1. The zero-order valence-electron chi connectivity index (χ0n) is 17.6. The number of aliphatic hydroxyl groups is 1. The summed E-state index contributed by atoms with van der Waals surface area (Å²) in [6.07, 6.45) is 3.82. The summed E-state index contributed by atoms with van der Waals surface area (Å²) in [5.41, 5.74) is 5.52. The highest BCUT2D eigenvalue weighted by atomic mass is 32.2. The molecule has 2 atom stereocenters. The predicted octanol–water partition coefficient (Wildman–Crippen LogP) is 1.94. The first-order valence-corrected chi connectivity index (χ1v) is 13.3. The zero-order chi connectivity index (χ0) is 22.3. The van der Waals surface area contributed by atoms with Gasteiger partial charge in [0.1, 0.15) is 6.04 Å². The second-order valence-electron chi connectivity index (χ2n) is 7.76. The molecule has 0 aromatic heterocycles. The van der Waals surface area contributed by atoms with Gasteiger partial charge in [0.05, 0.1) is 11.5 Å². The predicted molar refractivity (Wildman–Crippen MR) is 125 cm³/mol. The summed E-state index contributed by atoms with van der Waals surface area (Å²) in [7, 11) is -3.96. The lowest BCUT2D eigenvalue weighted by Crippen LogP contribution is -2.52. The normalized spacial score (nSPS) is 17.9. The number of fused-ring (bicyclic) bond motifs is 1. The van der Waals surface area contributed by atoms with Gasteiger partial charge in [-0.15, -0.1) is 0 Å². The molecule has 4 N–H and O–H groups in total. The summed E-state index contributed by atoms with van der Waals surface area (Å²) in [4.78, 5) is 14.9. The van der Waals surface area contributed by atoms with Crippen LogP contribution < -0.4 is 10.5 Å². The number of carbonyl (C=O) groups is 1. The Morgan fingerprint density at radius 1 is 1.23 bits per heavy atom. The van der Waals surface area contributed by atoms with Crippen LogP contribution in [-0.4, -0.2) is 67.6 Å². The van der Waals surface area contributed by atoms with Crippen LogP contribution in [0.3, 0.4) is 0 Å². The summed E-state index contributed by atoms with van der Waals surface area (Å²) in [5.74, 6) is 1.44. The first-order chi connectivity index (χ1) is 15.0. The van der Waals surface area contributed by atoms with Crippen LogP contribution in [0.4, 0.5) is 0 Å². The van der Waals surface area contributed by atoms with E-state index in [9.17, 15) is 18.3 Å². The number of nitrogens with two attached hydrogens (primary N) is 1. The molecular formula is C22H31N3O4S2. The molecule has 0 aliphatic carbocycles. The van der Waals surface area contributed by atoms with Gasteiger partial charge in [-0.25, -0.2) is 8.42 Å². The van der Waals surface area contributed by atoms with Gasteiger partial charge in [0.2, 0.25) is 15.9 Å². The molecule has 2 aromatic carbocycles. The van der Waals surface area contributed by atoms with Crippen LogP contribution in [0.25, 0.3) is 10.8 Å². The maximum atomic E-state index is 13.1. The van der Waals surface area contributed by atoms with Crippen molar-refractivity contribution < 1.29 is 18.3 Å². The maximum Gasteiger partial charge on any atom is 0.243 e. The molecule has 1 fully saturated rings. The second-order valence-corrected chi connectivity index (χ2v) is 10.6. The highest BCUT2D eigenvalue weighted by Gasteiger charge is 2.35. The molecule has 0 bridgehead atoms. The molecule has 1 heterocycles. The Morgan fingerprint density at radius 3 is 2.74 bits per heavy atom. The molecule has 9 heteroatoms. The Labute approximate surface area is 188 Å². The Hall–Kier alpha value is -1.65. The van der Waals surface area contributed by atoms with Gasteiger partial charge in [0.15, 0.2) is 0 Å². The lowest BCUT2D eigenvalue weighted by Gasteiger charge is -2.28. The van der Waals surface area contributed by atoms with Gasteiger partial charge < -0.3 is 15.7 Å². The van der Waals surface area contributed by atoms with Crippen molar-refractivity contribution in [2.45, 2.75) is 42.7 Å². The molecule has 170 valence electrons. The van der Waals surface area contributed by atoms with Crippen LogP contribution in [0.5, 0.6) is 0 Å². The van der Waals surface area contributed by atoms with E-state index in [1.807, 2.05) is 24.3 Å². The van der Waals surface area contributed by atoms with Crippen molar-refractivity contribution in [2.75, 3.05) is 31.2 Å². The lowest BCUT2D eigenvalue weighted by atomic mass is 10.1. The van der Waals surface area contributed by atoms with Crippen molar-refractivity contribution in [3.05, 3.63) is 42.5 Å². The molecule has 0 spiro atoms. The molecule has 1 saturated heterocycles. The number of hydrogen-bond donors (Lipinski definition) is 3. The van der Waals surface area contributed by atoms with E-state index in [-0.39, 0.29) is 16.8 Å². The number of nitrogens with zero attached hydrogens (tertiary/aromatic N) is 1. The van der Waals surface area contributed by atoms with Gasteiger partial charge in [-0.1, -0.05) is 30.3 Å². The minimum Gasteiger partial charge on any atom is -0.394 e. The third kappa shape index (κ3) is 6.20. The first-order valence-electron chi connectivity index (χ1n) is 10.7. The van der Waals surface area contributed by atoms with Crippen molar-refractivity contribution in [2.24, 2.45) is 5.73 Å². The average molecular weight is 466 g/mol. The van der Waals surface area contributed by atoms with E-state index in [1.54, 1.807) is 28.8 Å². The molecule has 0 radical (unpaired) electrons. The van der Waals surface area contributed by atoms with Gasteiger partial charge >= 0.3 is 0 Å². The van der Waals surface area contributed by atoms with E-state index in [0.29, 0.717) is 13.1 Å². The third-order valence-corrected chi connectivity index (χ3v) is 8.19. The number of rotatable bonds is 11. The Kier molecular flexibility index (Phi) is 8.74. The number of carbonyl (C=O) groups excluding carboxylic acids is 1. The van der Waals surface area contributed by atoms with Gasteiger partial charge in [-0.3, -0.25) is 4.79 Å². The molecule has 7 nitrogen and oxygen atoms in total. The lowest BCUT2D eigenvalue weighted by molar-refractivity contribution is -0.134. The van der Waals surface area contributed by atoms with Crippen LogP contribution in [0.1, 0.15) is 25.7 Å². The Morgan fingerprint density at radius 2 is 2.00 bits per heavy atom. The third-order valence-electron chi connectivity index (χ3n) is 5.52. The number of aliphatic hydroxyl groups excluding tert-OH is 1. The monoisotopic (exact) mass is 465 g/mol. The standard InChI is InChI=1S/C22H31N3O4S2/c23-11-3-4-13-30-16-19-8-5-12-25(19)22(27)21(15-26)24-31(28,29)20-10-9-17-6-1-2-7-18(17)14-20/h1-2,6-7,9-10,14,19,21,24,26H,3-5,8,11-13,15-16,23H2. The average Bonchev–Trinajstić information content (AvgIpc) is 3.25. The second kappa shape index (κ2) is 11.3. The minimum absolute atomic E-state index is 0.0644. The number of thioether (sulfide) groups is 1. The van der Waals surface area contributed by atoms with Crippen LogP contribution >= 0.6 is 11.8 Å². The molecule has 0 saturated carbocycles. The fourth-order valence-electron chi connectivity index (χ4n) is 3.82. The summed E-state index contributed by atoms with van der Waals surface area (Å²) in [5, 5.41) is 11.5. The summed E-state index contributed by atoms with van der Waals surface area (Å²) in [6.45, 7) is 0.684. The summed E-state index contributed by atoms with van der Waals surface area (Å²) in [6, 6.07) is 11.2. The smallest absolute Gasteiger partial charge is 0.243 e. The minimum atomic E-state index is -3.96. The molecule has 1 aliphatic rings. The number of sulfonamides is 1. The van der Waals surface area contributed by atoms with Crippen LogP contribution in [0.2, 0.25) is 0 Å². The van der Waals surface area contributed by atoms with Crippen molar-refractivity contribution in [1.82, 2.24) is 9.62 Å².